The minimum atomic E-state index is -4.41. The van der Waals surface area contributed by atoms with Crippen LogP contribution in [0, 0.1) is 0 Å². The van der Waals surface area contributed by atoms with Crippen LogP contribution in [0.4, 0.5) is 0 Å². The fourth-order valence-electron chi connectivity index (χ4n) is 2.79. The Morgan fingerprint density at radius 1 is 0.913 bits per heavy atom. The van der Waals surface area contributed by atoms with Crippen molar-refractivity contribution in [3.63, 3.8) is 0 Å². The number of allylic oxidation sites excluding steroid dienone is 2. The van der Waals surface area contributed by atoms with Crippen molar-refractivity contribution in [2.75, 3.05) is 0 Å². The molecule has 0 spiro atoms. The molecule has 0 aliphatic carbocycles. The Morgan fingerprint density at radius 3 is 1.96 bits per heavy atom. The van der Waals surface area contributed by atoms with E-state index in [9.17, 15) is 13.0 Å². The summed E-state index contributed by atoms with van der Waals surface area (Å²) in [6.45, 7) is 7.36. The predicted octanol–water partition coefficient (Wildman–Crippen LogP) is 4.12. The summed E-state index contributed by atoms with van der Waals surface area (Å²) in [6.07, 6.45) is 4.08. The van der Waals surface area contributed by atoms with Gasteiger partial charge in [-0.15, -0.1) is 13.2 Å². The van der Waals surface area contributed by atoms with Crippen molar-refractivity contribution in [1.29, 1.82) is 0 Å². The molecule has 120 valence electrons. The summed E-state index contributed by atoms with van der Waals surface area (Å²) in [4.78, 5) is 0. The fraction of sp³-hybridized carbons (Fsp3) is 0.158. The zero-order chi connectivity index (χ0) is 16.9. The minimum Gasteiger partial charge on any atom is -0.285 e. The van der Waals surface area contributed by atoms with Crippen molar-refractivity contribution in [3.05, 3.63) is 96.6 Å². The van der Waals surface area contributed by atoms with Gasteiger partial charge in [-0.05, 0) is 29.5 Å². The second kappa shape index (κ2) is 6.94. The van der Waals surface area contributed by atoms with Crippen molar-refractivity contribution in [3.8, 4) is 0 Å². The topological polar surface area (TPSA) is 54.4 Å². The van der Waals surface area contributed by atoms with Crippen LogP contribution < -0.4 is 0 Å². The standard InChI is InChI=1S/C19H20O3S/c1-3-8-16-11-13-18(14-12-16)19(15-4-2,23(20,21)22)17-9-6-5-7-10-17/h3-7,9-14H,1-2,8,15H2,(H,20,21,22). The summed E-state index contributed by atoms with van der Waals surface area (Å²) in [5.74, 6) is 0. The van der Waals surface area contributed by atoms with Crippen LogP contribution in [0.5, 0.6) is 0 Å². The molecule has 1 N–H and O–H groups in total. The van der Waals surface area contributed by atoms with E-state index < -0.39 is 14.9 Å². The third kappa shape index (κ3) is 3.28. The van der Waals surface area contributed by atoms with E-state index in [1.54, 1.807) is 48.5 Å². The van der Waals surface area contributed by atoms with E-state index in [1.165, 1.54) is 6.08 Å². The average Bonchev–Trinajstić information content (AvgIpc) is 2.53. The molecule has 0 fully saturated rings. The van der Waals surface area contributed by atoms with Crippen LogP contribution in [0.25, 0.3) is 0 Å². The van der Waals surface area contributed by atoms with Crippen molar-refractivity contribution < 1.29 is 13.0 Å². The van der Waals surface area contributed by atoms with Crippen LogP contribution in [-0.2, 0) is 21.3 Å². The Hall–Kier alpha value is -2.17. The largest absolute Gasteiger partial charge is 0.285 e. The molecular formula is C19H20O3S. The van der Waals surface area contributed by atoms with E-state index in [0.717, 1.165) is 5.56 Å². The Kier molecular flexibility index (Phi) is 5.19. The van der Waals surface area contributed by atoms with Gasteiger partial charge in [0.25, 0.3) is 10.1 Å². The highest BCUT2D eigenvalue weighted by Gasteiger charge is 2.45. The van der Waals surface area contributed by atoms with Crippen LogP contribution in [0.15, 0.2) is 79.9 Å². The number of benzene rings is 2. The second-order valence-electron chi connectivity index (χ2n) is 5.35. The molecule has 0 aliphatic rings. The molecule has 0 bridgehead atoms. The summed E-state index contributed by atoms with van der Waals surface area (Å²) in [5, 5.41) is 0. The molecule has 0 radical (unpaired) electrons. The lowest BCUT2D eigenvalue weighted by Gasteiger charge is -2.31. The molecule has 1 atom stereocenters. The highest BCUT2D eigenvalue weighted by Crippen LogP contribution is 2.40. The van der Waals surface area contributed by atoms with E-state index in [2.05, 4.69) is 13.2 Å². The maximum Gasteiger partial charge on any atom is 0.279 e. The summed E-state index contributed by atoms with van der Waals surface area (Å²) in [6, 6.07) is 15.9. The van der Waals surface area contributed by atoms with Crippen LogP contribution in [0.3, 0.4) is 0 Å². The SMILES string of the molecule is C=CCc1ccc(C(CC=C)(c2ccccc2)S(=O)(=O)O)cc1. The first-order valence-corrected chi connectivity index (χ1v) is 8.73. The molecule has 0 aliphatic heterocycles. The van der Waals surface area contributed by atoms with E-state index in [0.29, 0.717) is 17.5 Å². The molecule has 3 nitrogen and oxygen atoms in total. The molecule has 0 aromatic heterocycles. The molecule has 0 heterocycles. The highest BCUT2D eigenvalue weighted by molar-refractivity contribution is 7.87. The first-order valence-electron chi connectivity index (χ1n) is 7.29. The van der Waals surface area contributed by atoms with E-state index in [4.69, 9.17) is 0 Å². The Morgan fingerprint density at radius 2 is 1.48 bits per heavy atom. The summed E-state index contributed by atoms with van der Waals surface area (Å²) in [5.41, 5.74) is 2.05. The quantitative estimate of drug-likeness (QED) is 0.614. The van der Waals surface area contributed by atoms with Crippen molar-refractivity contribution >= 4 is 10.1 Å². The summed E-state index contributed by atoms with van der Waals surface area (Å²) < 4.78 is 33.2. The number of rotatable bonds is 7. The molecule has 0 saturated heterocycles. The van der Waals surface area contributed by atoms with Gasteiger partial charge in [0.2, 0.25) is 0 Å². The van der Waals surface area contributed by atoms with Crippen LogP contribution >= 0.6 is 0 Å². The van der Waals surface area contributed by atoms with Gasteiger partial charge >= 0.3 is 0 Å². The lowest BCUT2D eigenvalue weighted by molar-refractivity contribution is 0.445. The first kappa shape index (κ1) is 17.2. The summed E-state index contributed by atoms with van der Waals surface area (Å²) in [7, 11) is -4.41. The molecule has 23 heavy (non-hydrogen) atoms. The molecule has 4 heteroatoms. The van der Waals surface area contributed by atoms with Gasteiger partial charge in [0.05, 0.1) is 0 Å². The van der Waals surface area contributed by atoms with Gasteiger partial charge in [0.1, 0.15) is 0 Å². The third-order valence-electron chi connectivity index (χ3n) is 3.91. The van der Waals surface area contributed by atoms with Crippen LogP contribution in [0.2, 0.25) is 0 Å². The maximum absolute atomic E-state index is 12.3. The van der Waals surface area contributed by atoms with E-state index in [1.807, 2.05) is 12.1 Å². The average molecular weight is 328 g/mol. The molecule has 2 rings (SSSR count). The second-order valence-corrected chi connectivity index (χ2v) is 7.00. The lowest BCUT2D eigenvalue weighted by Crippen LogP contribution is -2.36. The van der Waals surface area contributed by atoms with Gasteiger partial charge in [-0.2, -0.15) is 8.42 Å². The van der Waals surface area contributed by atoms with Gasteiger partial charge < -0.3 is 0 Å². The van der Waals surface area contributed by atoms with Crippen LogP contribution in [0.1, 0.15) is 23.1 Å². The zero-order valence-corrected chi connectivity index (χ0v) is 13.7. The molecule has 0 saturated carbocycles. The molecule has 1 unspecified atom stereocenters. The molecule has 2 aromatic rings. The summed E-state index contributed by atoms with van der Waals surface area (Å²) >= 11 is 0. The van der Waals surface area contributed by atoms with E-state index >= 15 is 0 Å². The lowest BCUT2D eigenvalue weighted by atomic mass is 9.87. The number of hydrogen-bond acceptors (Lipinski definition) is 2. The van der Waals surface area contributed by atoms with Gasteiger partial charge in [0.15, 0.2) is 4.75 Å². The van der Waals surface area contributed by atoms with Crippen molar-refractivity contribution in [2.45, 2.75) is 17.6 Å². The van der Waals surface area contributed by atoms with E-state index in [-0.39, 0.29) is 6.42 Å². The van der Waals surface area contributed by atoms with Crippen molar-refractivity contribution in [1.82, 2.24) is 0 Å². The maximum atomic E-state index is 12.3. The van der Waals surface area contributed by atoms with Crippen LogP contribution in [-0.4, -0.2) is 13.0 Å². The number of hydrogen-bond donors (Lipinski definition) is 1. The zero-order valence-electron chi connectivity index (χ0n) is 12.9. The van der Waals surface area contributed by atoms with Gasteiger partial charge in [0, 0.05) is 0 Å². The van der Waals surface area contributed by atoms with Gasteiger partial charge in [-0.3, -0.25) is 4.55 Å². The molecule has 0 amide bonds. The molecular weight excluding hydrogens is 308 g/mol. The molecule has 2 aromatic carbocycles. The Bertz CT molecular complexity index is 777. The van der Waals surface area contributed by atoms with Gasteiger partial charge in [-0.1, -0.05) is 66.7 Å². The Labute approximate surface area is 137 Å². The van der Waals surface area contributed by atoms with Gasteiger partial charge in [-0.25, -0.2) is 0 Å². The first-order chi connectivity index (χ1) is 11.0. The smallest absolute Gasteiger partial charge is 0.279 e. The highest BCUT2D eigenvalue weighted by atomic mass is 32.2. The normalized spacial score (nSPS) is 14.0. The predicted molar refractivity (Wildman–Crippen MR) is 93.9 cm³/mol. The third-order valence-corrected chi connectivity index (χ3v) is 5.43. The fourth-order valence-corrected chi connectivity index (χ4v) is 3.99. The van der Waals surface area contributed by atoms with Crippen molar-refractivity contribution in [2.24, 2.45) is 0 Å². The Balaban J connectivity index is 2.70. The minimum absolute atomic E-state index is 0.0800. The monoisotopic (exact) mass is 328 g/mol.